The Kier molecular flexibility index (Phi) is 4.91. The summed E-state index contributed by atoms with van der Waals surface area (Å²) < 4.78 is 0. The molecule has 4 heteroatoms. The molecule has 3 nitrogen and oxygen atoms in total. The fourth-order valence-electron chi connectivity index (χ4n) is 1.87. The molecule has 0 fully saturated rings. The summed E-state index contributed by atoms with van der Waals surface area (Å²) in [6.45, 7) is 0. The van der Waals surface area contributed by atoms with Gasteiger partial charge in [-0.1, -0.05) is 48.5 Å². The molecule has 0 aliphatic carbocycles. The van der Waals surface area contributed by atoms with Gasteiger partial charge in [0.15, 0.2) is 0 Å². The second-order valence-corrected chi connectivity index (χ2v) is 4.76. The van der Waals surface area contributed by atoms with Gasteiger partial charge in [-0.25, -0.2) is 0 Å². The molecule has 0 bridgehead atoms. The van der Waals surface area contributed by atoms with Crippen LogP contribution < -0.4 is 5.32 Å². The van der Waals surface area contributed by atoms with Crippen LogP contribution in [0.5, 0.6) is 0 Å². The Bertz CT molecular complexity index is 584. The monoisotopic (exact) mass is 287 g/mol. The third-order valence-corrected chi connectivity index (χ3v) is 3.16. The zero-order valence-corrected chi connectivity index (χ0v) is 11.5. The molecule has 0 radical (unpaired) electrons. The van der Waals surface area contributed by atoms with E-state index in [1.54, 1.807) is 24.3 Å². The summed E-state index contributed by atoms with van der Waals surface area (Å²) in [4.78, 5) is 23.5. The van der Waals surface area contributed by atoms with E-state index in [0.717, 1.165) is 5.56 Å². The summed E-state index contributed by atoms with van der Waals surface area (Å²) in [7, 11) is 0. The molecule has 0 saturated carbocycles. The lowest BCUT2D eigenvalue weighted by Crippen LogP contribution is -2.40. The van der Waals surface area contributed by atoms with E-state index in [0.29, 0.717) is 12.0 Å². The van der Waals surface area contributed by atoms with E-state index in [2.05, 4.69) is 5.32 Å². The van der Waals surface area contributed by atoms with Crippen LogP contribution in [0.2, 0.25) is 0 Å². The summed E-state index contributed by atoms with van der Waals surface area (Å²) in [5.74, 6) is -0.305. The van der Waals surface area contributed by atoms with E-state index in [-0.39, 0.29) is 5.91 Å². The van der Waals surface area contributed by atoms with Crippen molar-refractivity contribution in [1.82, 2.24) is 5.32 Å². The van der Waals surface area contributed by atoms with Crippen molar-refractivity contribution in [3.05, 3.63) is 71.8 Å². The van der Waals surface area contributed by atoms with Crippen molar-refractivity contribution in [3.8, 4) is 0 Å². The predicted molar refractivity (Wildman–Crippen MR) is 78.7 cm³/mol. The summed E-state index contributed by atoms with van der Waals surface area (Å²) in [5, 5.41) is 2.09. The third-order valence-electron chi connectivity index (χ3n) is 2.90. The fourth-order valence-corrected chi connectivity index (χ4v) is 2.00. The molecule has 20 heavy (non-hydrogen) atoms. The number of nitrogens with one attached hydrogen (secondary N) is 1. The van der Waals surface area contributed by atoms with Gasteiger partial charge in [-0.05, 0) is 29.3 Å². The van der Waals surface area contributed by atoms with Gasteiger partial charge in [0, 0.05) is 12.0 Å². The van der Waals surface area contributed by atoms with E-state index < -0.39 is 11.3 Å². The predicted octanol–water partition coefficient (Wildman–Crippen LogP) is 2.79. The van der Waals surface area contributed by atoms with Crippen molar-refractivity contribution in [1.29, 1.82) is 0 Å². The first-order chi connectivity index (χ1) is 9.66. The molecule has 1 unspecified atom stereocenters. The van der Waals surface area contributed by atoms with E-state index in [9.17, 15) is 9.59 Å². The summed E-state index contributed by atoms with van der Waals surface area (Å²) in [6.07, 6.45) is 0.377. The highest BCUT2D eigenvalue weighted by Crippen LogP contribution is 2.07. The van der Waals surface area contributed by atoms with Gasteiger partial charge in [-0.3, -0.25) is 9.59 Å². The minimum Gasteiger partial charge on any atom is -0.341 e. The Hall–Kier alpha value is -2.13. The molecule has 0 saturated heterocycles. The topological polar surface area (TPSA) is 46.2 Å². The average Bonchev–Trinajstić information content (AvgIpc) is 2.48. The summed E-state index contributed by atoms with van der Waals surface area (Å²) >= 11 is 5.57. The SMILES string of the molecule is O=C(NC(Cc1ccccc1)C(=O)Cl)c1ccccc1. The number of hydrogen-bond donors (Lipinski definition) is 1. The molecule has 0 heterocycles. The maximum Gasteiger partial charge on any atom is 0.251 e. The summed E-state index contributed by atoms with van der Waals surface area (Å²) in [5.41, 5.74) is 1.45. The number of carbonyl (C=O) groups is 2. The van der Waals surface area contributed by atoms with Crippen LogP contribution in [0, 0.1) is 0 Å². The van der Waals surface area contributed by atoms with Gasteiger partial charge in [0.1, 0.15) is 6.04 Å². The highest BCUT2D eigenvalue weighted by molar-refractivity contribution is 6.64. The molecule has 2 rings (SSSR count). The van der Waals surface area contributed by atoms with E-state index in [1.165, 1.54) is 0 Å². The first-order valence-electron chi connectivity index (χ1n) is 6.26. The van der Waals surface area contributed by atoms with Gasteiger partial charge in [0.25, 0.3) is 5.91 Å². The second kappa shape index (κ2) is 6.87. The molecule has 1 atom stereocenters. The lowest BCUT2D eigenvalue weighted by Gasteiger charge is -2.15. The molecule has 0 aliphatic heterocycles. The highest BCUT2D eigenvalue weighted by atomic mass is 35.5. The Balaban J connectivity index is 2.07. The van der Waals surface area contributed by atoms with E-state index in [1.807, 2.05) is 36.4 Å². The van der Waals surface area contributed by atoms with E-state index >= 15 is 0 Å². The van der Waals surface area contributed by atoms with Crippen LogP contribution >= 0.6 is 11.6 Å². The van der Waals surface area contributed by atoms with Gasteiger partial charge in [0.05, 0.1) is 0 Å². The minimum absolute atomic E-state index is 0.305. The van der Waals surface area contributed by atoms with E-state index in [4.69, 9.17) is 11.6 Å². The molecule has 1 N–H and O–H groups in total. The first-order valence-corrected chi connectivity index (χ1v) is 6.64. The Morgan fingerprint density at radius 3 is 2.05 bits per heavy atom. The number of benzene rings is 2. The summed E-state index contributed by atoms with van der Waals surface area (Å²) in [6, 6.07) is 17.4. The zero-order valence-electron chi connectivity index (χ0n) is 10.8. The molecule has 102 valence electrons. The molecule has 2 aromatic rings. The van der Waals surface area contributed by atoms with Crippen LogP contribution in [0.25, 0.3) is 0 Å². The molecule has 0 spiro atoms. The van der Waals surface area contributed by atoms with Gasteiger partial charge >= 0.3 is 0 Å². The van der Waals surface area contributed by atoms with Gasteiger partial charge in [-0.15, -0.1) is 0 Å². The largest absolute Gasteiger partial charge is 0.341 e. The number of carbonyl (C=O) groups excluding carboxylic acids is 2. The first kappa shape index (κ1) is 14.3. The molecule has 0 aliphatic rings. The van der Waals surface area contributed by atoms with Crippen LogP contribution in [0.3, 0.4) is 0 Å². The maximum atomic E-state index is 12.0. The number of rotatable bonds is 5. The number of halogens is 1. The van der Waals surface area contributed by atoms with Crippen LogP contribution in [0.4, 0.5) is 0 Å². The molecule has 1 amide bonds. The lowest BCUT2D eigenvalue weighted by atomic mass is 10.1. The smallest absolute Gasteiger partial charge is 0.251 e. The number of hydrogen-bond acceptors (Lipinski definition) is 2. The Morgan fingerprint density at radius 2 is 1.50 bits per heavy atom. The third kappa shape index (κ3) is 3.93. The highest BCUT2D eigenvalue weighted by Gasteiger charge is 2.19. The van der Waals surface area contributed by atoms with Crippen LogP contribution in [-0.2, 0) is 11.2 Å². The fraction of sp³-hybridized carbons (Fsp3) is 0.125. The van der Waals surface area contributed by atoms with Crippen molar-refractivity contribution >= 4 is 22.8 Å². The van der Waals surface area contributed by atoms with Crippen molar-refractivity contribution < 1.29 is 9.59 Å². The van der Waals surface area contributed by atoms with Crippen molar-refractivity contribution in [2.24, 2.45) is 0 Å². The van der Waals surface area contributed by atoms with Crippen molar-refractivity contribution in [2.75, 3.05) is 0 Å². The van der Waals surface area contributed by atoms with Crippen molar-refractivity contribution in [3.63, 3.8) is 0 Å². The standard InChI is InChI=1S/C16H14ClNO2/c17-15(19)14(11-12-7-3-1-4-8-12)18-16(20)13-9-5-2-6-10-13/h1-10,14H,11H2,(H,18,20). The van der Waals surface area contributed by atoms with Gasteiger partial charge in [0.2, 0.25) is 5.24 Å². The molecule has 0 aromatic heterocycles. The molecular formula is C16H14ClNO2. The van der Waals surface area contributed by atoms with Crippen LogP contribution in [0.15, 0.2) is 60.7 Å². The Labute approximate surface area is 122 Å². The second-order valence-electron chi connectivity index (χ2n) is 4.39. The number of amides is 1. The maximum absolute atomic E-state index is 12.0. The lowest BCUT2D eigenvalue weighted by molar-refractivity contribution is -0.113. The van der Waals surface area contributed by atoms with Gasteiger partial charge in [-0.2, -0.15) is 0 Å². The van der Waals surface area contributed by atoms with Crippen molar-refractivity contribution in [2.45, 2.75) is 12.5 Å². The normalized spacial score (nSPS) is 11.7. The minimum atomic E-state index is -0.730. The zero-order chi connectivity index (χ0) is 14.4. The Morgan fingerprint density at radius 1 is 0.950 bits per heavy atom. The average molecular weight is 288 g/mol. The quantitative estimate of drug-likeness (QED) is 0.860. The van der Waals surface area contributed by atoms with Gasteiger partial charge < -0.3 is 5.32 Å². The molecule has 2 aromatic carbocycles. The van der Waals surface area contributed by atoms with Crippen LogP contribution in [-0.4, -0.2) is 17.2 Å². The van der Waals surface area contributed by atoms with Crippen LogP contribution in [0.1, 0.15) is 15.9 Å². The molecular weight excluding hydrogens is 274 g/mol.